The molecular weight excluding hydrogens is 328 g/mol. The van der Waals surface area contributed by atoms with E-state index in [4.69, 9.17) is 0 Å². The smallest absolute Gasteiger partial charge is 0.0934 e. The van der Waals surface area contributed by atoms with Crippen LogP contribution in [0.5, 0.6) is 0 Å². The van der Waals surface area contributed by atoms with Crippen molar-refractivity contribution in [2.24, 2.45) is 5.92 Å². The highest BCUT2D eigenvalue weighted by Crippen LogP contribution is 2.23. The van der Waals surface area contributed by atoms with Crippen molar-refractivity contribution in [3.8, 4) is 0 Å². The largest absolute Gasteiger partial charge is 0.249 e. The Morgan fingerprint density at radius 3 is 2.48 bits per heavy atom. The number of aryl methyl sites for hydroxylation is 1. The molecule has 2 aromatic rings. The average Bonchev–Trinajstić information content (AvgIpc) is 3.14. The first-order chi connectivity index (χ1) is 10.8. The van der Waals surface area contributed by atoms with E-state index >= 15 is 0 Å². The lowest BCUT2D eigenvalue weighted by Crippen LogP contribution is -2.27. The van der Waals surface area contributed by atoms with Gasteiger partial charge in [0.2, 0.25) is 0 Å². The third-order valence-corrected chi connectivity index (χ3v) is 5.12. The summed E-state index contributed by atoms with van der Waals surface area (Å²) in [5.74, 6) is 1.31. The first-order valence-electron chi connectivity index (χ1n) is 7.92. The molecular formula is C15H26N6S2. The highest BCUT2D eigenvalue weighted by Gasteiger charge is 2.23. The van der Waals surface area contributed by atoms with Crippen molar-refractivity contribution in [2.45, 2.75) is 64.8 Å². The molecule has 8 heteroatoms. The zero-order valence-corrected chi connectivity index (χ0v) is 16.2. The zero-order valence-electron chi connectivity index (χ0n) is 14.5. The summed E-state index contributed by atoms with van der Waals surface area (Å²) < 4.78 is 3.90. The topological polar surface area (TPSA) is 61.4 Å². The first-order valence-corrected chi connectivity index (χ1v) is 9.96. The van der Waals surface area contributed by atoms with Crippen LogP contribution < -0.4 is 0 Å². The van der Waals surface area contributed by atoms with Gasteiger partial charge in [0.15, 0.2) is 0 Å². The third-order valence-electron chi connectivity index (χ3n) is 4.31. The molecule has 1 atom stereocenters. The first kappa shape index (κ1) is 18.3. The fraction of sp³-hybridized carbons (Fsp3) is 0.733. The summed E-state index contributed by atoms with van der Waals surface area (Å²) in [6.45, 7) is 10.9. The van der Waals surface area contributed by atoms with Crippen LogP contribution in [0.15, 0.2) is 12.4 Å². The van der Waals surface area contributed by atoms with Gasteiger partial charge in [-0.25, -0.2) is 9.36 Å². The van der Waals surface area contributed by atoms with Crippen molar-refractivity contribution >= 4 is 22.5 Å². The Bertz CT molecular complexity index is 619. The molecule has 0 aromatic carbocycles. The molecule has 0 radical (unpaired) electrons. The molecule has 128 valence electrons. The summed E-state index contributed by atoms with van der Waals surface area (Å²) in [4.78, 5) is 0. The maximum absolute atomic E-state index is 4.31. The predicted octanol–water partition coefficient (Wildman–Crippen LogP) is 3.53. The van der Waals surface area contributed by atoms with Gasteiger partial charge in [0.1, 0.15) is 0 Å². The SMILES string of the molecule is CC(C)C(C)n1cc(CCC(C)(C)n2cc(CSS)nn2)nn1. The van der Waals surface area contributed by atoms with Crippen LogP contribution in [0.4, 0.5) is 0 Å². The Labute approximate surface area is 147 Å². The number of thiol groups is 1. The van der Waals surface area contributed by atoms with Gasteiger partial charge in [0.05, 0.1) is 23.0 Å². The van der Waals surface area contributed by atoms with E-state index in [1.165, 1.54) is 10.8 Å². The lowest BCUT2D eigenvalue weighted by Gasteiger charge is -2.24. The normalized spacial score (nSPS) is 13.7. The maximum atomic E-state index is 4.31. The highest BCUT2D eigenvalue weighted by molar-refractivity contribution is 8.68. The molecule has 0 aliphatic rings. The van der Waals surface area contributed by atoms with Crippen molar-refractivity contribution in [3.63, 3.8) is 0 Å². The summed E-state index contributed by atoms with van der Waals surface area (Å²) in [5.41, 5.74) is 1.87. The van der Waals surface area contributed by atoms with E-state index in [1.54, 1.807) is 0 Å². The number of nitrogens with zero attached hydrogens (tertiary/aromatic N) is 6. The summed E-state index contributed by atoms with van der Waals surface area (Å²) in [6, 6.07) is 0.362. The summed E-state index contributed by atoms with van der Waals surface area (Å²) in [7, 11) is 1.45. The summed E-state index contributed by atoms with van der Waals surface area (Å²) in [6.07, 6.45) is 5.86. The standard InChI is InChI=1S/C15H26N6S2/c1-11(2)12(3)20-8-13(16-18-20)6-7-15(4,5)21-9-14(10-23-22)17-19-21/h8-9,11-12,22H,6-7,10H2,1-5H3. The molecule has 2 heterocycles. The van der Waals surface area contributed by atoms with E-state index < -0.39 is 0 Å². The lowest BCUT2D eigenvalue weighted by atomic mass is 9.97. The van der Waals surface area contributed by atoms with Crippen LogP contribution >= 0.6 is 22.5 Å². The Balaban J connectivity index is 1.98. The van der Waals surface area contributed by atoms with Crippen LogP contribution in [0.25, 0.3) is 0 Å². The molecule has 0 aliphatic carbocycles. The summed E-state index contributed by atoms with van der Waals surface area (Å²) in [5, 5.41) is 17.0. The van der Waals surface area contributed by atoms with E-state index in [9.17, 15) is 0 Å². The molecule has 0 saturated carbocycles. The number of hydrogen-bond donors (Lipinski definition) is 1. The van der Waals surface area contributed by atoms with Crippen LogP contribution in [-0.4, -0.2) is 30.0 Å². The monoisotopic (exact) mass is 354 g/mol. The van der Waals surface area contributed by atoms with Crippen LogP contribution in [0, 0.1) is 5.92 Å². The molecule has 23 heavy (non-hydrogen) atoms. The number of rotatable bonds is 8. The Morgan fingerprint density at radius 1 is 1.13 bits per heavy atom. The maximum Gasteiger partial charge on any atom is 0.0934 e. The lowest BCUT2D eigenvalue weighted by molar-refractivity contribution is 0.288. The fourth-order valence-electron chi connectivity index (χ4n) is 2.21. The minimum absolute atomic E-state index is 0.111. The van der Waals surface area contributed by atoms with Gasteiger partial charge >= 0.3 is 0 Å². The number of aromatic nitrogens is 6. The Hall–Kier alpha value is -1.02. The second kappa shape index (κ2) is 7.70. The second-order valence-electron chi connectivity index (χ2n) is 6.91. The third kappa shape index (κ3) is 4.73. The van der Waals surface area contributed by atoms with E-state index in [1.807, 2.05) is 15.6 Å². The quantitative estimate of drug-likeness (QED) is 0.580. The van der Waals surface area contributed by atoms with Crippen LogP contribution in [-0.2, 0) is 17.7 Å². The van der Waals surface area contributed by atoms with Gasteiger partial charge in [-0.1, -0.05) is 35.1 Å². The molecule has 0 amide bonds. The highest BCUT2D eigenvalue weighted by atomic mass is 33.1. The van der Waals surface area contributed by atoms with Crippen molar-refractivity contribution in [1.82, 2.24) is 30.0 Å². The molecule has 0 aliphatic heterocycles. The molecule has 2 rings (SSSR count). The van der Waals surface area contributed by atoms with E-state index in [0.717, 1.165) is 30.0 Å². The van der Waals surface area contributed by atoms with Crippen molar-refractivity contribution < 1.29 is 0 Å². The summed E-state index contributed by atoms with van der Waals surface area (Å²) >= 11 is 4.16. The number of hydrogen-bond acceptors (Lipinski definition) is 6. The van der Waals surface area contributed by atoms with Gasteiger partial charge in [0.25, 0.3) is 0 Å². The average molecular weight is 355 g/mol. The van der Waals surface area contributed by atoms with Gasteiger partial charge < -0.3 is 0 Å². The van der Waals surface area contributed by atoms with Gasteiger partial charge in [-0.05, 0) is 39.5 Å². The van der Waals surface area contributed by atoms with Gasteiger partial charge in [0, 0.05) is 18.1 Å². The van der Waals surface area contributed by atoms with Crippen LogP contribution in [0.2, 0.25) is 0 Å². The zero-order chi connectivity index (χ0) is 17.0. The fourth-order valence-corrected chi connectivity index (χ4v) is 2.87. The second-order valence-corrected chi connectivity index (χ2v) is 8.24. The molecule has 0 spiro atoms. The Morgan fingerprint density at radius 2 is 1.83 bits per heavy atom. The molecule has 0 bridgehead atoms. The molecule has 0 fully saturated rings. The van der Waals surface area contributed by atoms with E-state index in [2.05, 4.69) is 73.1 Å². The predicted molar refractivity (Wildman–Crippen MR) is 97.5 cm³/mol. The minimum atomic E-state index is -0.111. The molecule has 0 N–H and O–H groups in total. The van der Waals surface area contributed by atoms with Crippen LogP contribution in [0.3, 0.4) is 0 Å². The Kier molecular flexibility index (Phi) is 6.13. The van der Waals surface area contributed by atoms with E-state index in [-0.39, 0.29) is 5.54 Å². The van der Waals surface area contributed by atoms with E-state index in [0.29, 0.717) is 12.0 Å². The van der Waals surface area contributed by atoms with Gasteiger partial charge in [-0.3, -0.25) is 0 Å². The van der Waals surface area contributed by atoms with Crippen molar-refractivity contribution in [2.75, 3.05) is 0 Å². The van der Waals surface area contributed by atoms with Gasteiger partial charge in [-0.15, -0.1) is 21.9 Å². The van der Waals surface area contributed by atoms with Crippen molar-refractivity contribution in [3.05, 3.63) is 23.8 Å². The van der Waals surface area contributed by atoms with Gasteiger partial charge in [-0.2, -0.15) is 0 Å². The molecule has 6 nitrogen and oxygen atoms in total. The van der Waals surface area contributed by atoms with Crippen molar-refractivity contribution in [1.29, 1.82) is 0 Å². The molecule has 0 saturated heterocycles. The van der Waals surface area contributed by atoms with Crippen LogP contribution in [0.1, 0.15) is 58.5 Å². The molecule has 2 aromatic heterocycles. The molecule has 1 unspecified atom stereocenters. The minimum Gasteiger partial charge on any atom is -0.249 e.